The van der Waals surface area contributed by atoms with Gasteiger partial charge in [0.25, 0.3) is 0 Å². The fourth-order valence-corrected chi connectivity index (χ4v) is 7.61. The summed E-state index contributed by atoms with van der Waals surface area (Å²) in [4.78, 5) is 78.9. The van der Waals surface area contributed by atoms with Crippen LogP contribution in [0.25, 0.3) is 10.2 Å². The third-order valence-corrected chi connectivity index (χ3v) is 11.1. The number of fused-ring (bicyclic) bond motifs is 1. The number of carbonyl (C=O) groups is 6. The zero-order valence-electron chi connectivity index (χ0n) is 33.5. The predicted octanol–water partition coefficient (Wildman–Crippen LogP) is 6.92. The second-order valence-electron chi connectivity index (χ2n) is 14.5. The monoisotopic (exact) mass is 845 g/mol. The standard InChI is InChI=1S/C44H51N3O12S/c1-3-34(48)28-54-22-9-25-57-41(51)30-12-16-31(17-13-30)42(52)58-35-20-21-37(33(26-35)27-45-47-44-46-36-10-5-6-11-38(36)60-44)59-43(53)32-18-14-29(15-19-32)40(50)56-24-8-7-23-55-39(49)4-2/h3-6,10-11,20-21,26-27,29-32H,1-2,7-9,12-19,22-25,28H2,(H,46,47)/b45-27+. The van der Waals surface area contributed by atoms with E-state index in [0.717, 1.165) is 16.3 Å². The molecule has 3 aromatic rings. The molecule has 2 fully saturated rings. The summed E-state index contributed by atoms with van der Waals surface area (Å²) < 4.78 is 33.6. The Kier molecular flexibility index (Phi) is 17.9. The molecule has 0 radical (unpaired) electrons. The second-order valence-corrected chi connectivity index (χ2v) is 15.5. The van der Waals surface area contributed by atoms with Crippen molar-refractivity contribution in [2.45, 2.75) is 70.6 Å². The number of rotatable bonds is 22. The Morgan fingerprint density at radius 2 is 1.28 bits per heavy atom. The van der Waals surface area contributed by atoms with Crippen LogP contribution in [0.15, 0.2) is 72.9 Å². The molecule has 0 atom stereocenters. The third-order valence-electron chi connectivity index (χ3n) is 10.2. The van der Waals surface area contributed by atoms with E-state index in [2.05, 4.69) is 28.7 Å². The maximum absolute atomic E-state index is 13.4. The number of thiazole rings is 1. The highest BCUT2D eigenvalue weighted by Gasteiger charge is 2.33. The molecule has 2 saturated carbocycles. The minimum atomic E-state index is -0.493. The Labute approximate surface area is 352 Å². The number of aromatic nitrogens is 1. The number of nitrogens with one attached hydrogen (secondary N) is 1. The quantitative estimate of drug-likeness (QED) is 0.0208. The largest absolute Gasteiger partial charge is 0.465 e. The normalized spacial score (nSPS) is 18.9. The van der Waals surface area contributed by atoms with E-state index < -0.39 is 29.7 Å². The van der Waals surface area contributed by atoms with E-state index in [1.807, 2.05) is 24.3 Å². The molecule has 0 saturated heterocycles. The molecule has 1 N–H and O–H groups in total. The van der Waals surface area contributed by atoms with Crippen molar-refractivity contribution >= 4 is 68.5 Å². The van der Waals surface area contributed by atoms with Gasteiger partial charge in [-0.15, -0.1) is 0 Å². The molecule has 320 valence electrons. The molecule has 60 heavy (non-hydrogen) atoms. The highest BCUT2D eigenvalue weighted by Crippen LogP contribution is 2.34. The van der Waals surface area contributed by atoms with Crippen molar-refractivity contribution < 1.29 is 57.2 Å². The van der Waals surface area contributed by atoms with Gasteiger partial charge in [-0.2, -0.15) is 5.10 Å². The number of para-hydroxylation sites is 1. The fraction of sp³-hybridized carbons (Fsp3) is 0.455. The van der Waals surface area contributed by atoms with Crippen LogP contribution in [0.5, 0.6) is 11.5 Å². The first-order chi connectivity index (χ1) is 29.1. The Bertz CT molecular complexity index is 1980. The molecular weight excluding hydrogens is 795 g/mol. The van der Waals surface area contributed by atoms with Gasteiger partial charge < -0.3 is 28.4 Å². The van der Waals surface area contributed by atoms with E-state index in [1.54, 1.807) is 18.2 Å². The first-order valence-corrected chi connectivity index (χ1v) is 21.0. The van der Waals surface area contributed by atoms with Crippen LogP contribution in [0.3, 0.4) is 0 Å². The minimum Gasteiger partial charge on any atom is -0.465 e. The van der Waals surface area contributed by atoms with Crippen LogP contribution >= 0.6 is 11.3 Å². The molecule has 5 rings (SSSR count). The molecule has 2 aliphatic rings. The lowest BCUT2D eigenvalue weighted by atomic mass is 9.82. The summed E-state index contributed by atoms with van der Waals surface area (Å²) in [7, 11) is 0. The van der Waals surface area contributed by atoms with E-state index in [-0.39, 0.29) is 74.1 Å². The van der Waals surface area contributed by atoms with Gasteiger partial charge in [-0.3, -0.25) is 29.4 Å². The van der Waals surface area contributed by atoms with Gasteiger partial charge in [-0.05, 0) is 101 Å². The number of benzene rings is 2. The molecule has 0 aliphatic heterocycles. The lowest BCUT2D eigenvalue weighted by molar-refractivity contribution is -0.152. The number of unbranched alkanes of at least 4 members (excludes halogenated alkanes) is 1. The van der Waals surface area contributed by atoms with Gasteiger partial charge in [-0.25, -0.2) is 9.78 Å². The molecule has 2 aliphatic carbocycles. The first kappa shape index (κ1) is 45.3. The van der Waals surface area contributed by atoms with E-state index in [4.69, 9.17) is 28.4 Å². The Morgan fingerprint density at radius 3 is 1.90 bits per heavy atom. The van der Waals surface area contributed by atoms with Crippen LogP contribution in [-0.2, 0) is 47.7 Å². The highest BCUT2D eigenvalue weighted by atomic mass is 32.1. The van der Waals surface area contributed by atoms with Crippen molar-refractivity contribution in [3.8, 4) is 11.5 Å². The second kappa shape index (κ2) is 23.7. The van der Waals surface area contributed by atoms with Crippen LogP contribution in [0, 0.1) is 23.7 Å². The van der Waals surface area contributed by atoms with E-state index in [9.17, 15) is 28.8 Å². The van der Waals surface area contributed by atoms with Crippen LogP contribution in [0.4, 0.5) is 5.13 Å². The van der Waals surface area contributed by atoms with E-state index in [1.165, 1.54) is 23.6 Å². The smallest absolute Gasteiger partial charge is 0.330 e. The Morgan fingerprint density at radius 1 is 0.700 bits per heavy atom. The number of carbonyl (C=O) groups excluding carboxylic acids is 6. The zero-order chi connectivity index (χ0) is 42.7. The summed E-state index contributed by atoms with van der Waals surface area (Å²) in [5.74, 6) is -3.25. The summed E-state index contributed by atoms with van der Waals surface area (Å²) in [6, 6.07) is 12.3. The van der Waals surface area contributed by atoms with Crippen molar-refractivity contribution in [3.63, 3.8) is 0 Å². The van der Waals surface area contributed by atoms with Crippen molar-refractivity contribution in [2.24, 2.45) is 28.8 Å². The van der Waals surface area contributed by atoms with Crippen molar-refractivity contribution in [1.29, 1.82) is 0 Å². The SMILES string of the molecule is C=CC(=O)COCCCOC(=O)C1CCC(C(=O)Oc2ccc(OC(=O)C3CCC(C(=O)OCCCCOC(=O)C=C)CC3)c(/C=N/Nc3nc4ccccc4s3)c2)CC1. The van der Waals surface area contributed by atoms with Crippen LogP contribution in [-0.4, -0.2) is 79.9 Å². The number of nitrogens with zero attached hydrogens (tertiary/aromatic N) is 2. The molecule has 16 heteroatoms. The Hall–Kier alpha value is -5.74. The number of ketones is 1. The molecule has 0 amide bonds. The van der Waals surface area contributed by atoms with Gasteiger partial charge in [-0.1, -0.05) is 36.6 Å². The van der Waals surface area contributed by atoms with Gasteiger partial charge in [0.15, 0.2) is 5.78 Å². The summed E-state index contributed by atoms with van der Waals surface area (Å²) in [6.45, 7) is 7.58. The third kappa shape index (κ3) is 14.2. The average molecular weight is 846 g/mol. The molecule has 0 bridgehead atoms. The lowest BCUT2D eigenvalue weighted by Crippen LogP contribution is -2.30. The van der Waals surface area contributed by atoms with Crippen molar-refractivity contribution in [3.05, 3.63) is 73.3 Å². The molecule has 15 nitrogen and oxygen atoms in total. The summed E-state index contributed by atoms with van der Waals surface area (Å²) >= 11 is 1.42. The fourth-order valence-electron chi connectivity index (χ4n) is 6.79. The van der Waals surface area contributed by atoms with Crippen LogP contribution in [0.1, 0.15) is 76.2 Å². The number of hydrogen-bond donors (Lipinski definition) is 1. The zero-order valence-corrected chi connectivity index (χ0v) is 34.3. The molecule has 1 aromatic heterocycles. The van der Waals surface area contributed by atoms with Gasteiger partial charge in [0.1, 0.15) is 18.1 Å². The summed E-state index contributed by atoms with van der Waals surface area (Å²) in [5.41, 5.74) is 4.13. The molecule has 0 spiro atoms. The number of anilines is 1. The molecule has 2 aromatic carbocycles. The maximum atomic E-state index is 13.4. The molecule has 0 unspecified atom stereocenters. The number of ether oxygens (including phenoxy) is 6. The van der Waals surface area contributed by atoms with Crippen molar-refractivity contribution in [2.75, 3.05) is 38.5 Å². The molecular formula is C44H51N3O12S. The van der Waals surface area contributed by atoms with Crippen LogP contribution < -0.4 is 14.9 Å². The van der Waals surface area contributed by atoms with Crippen molar-refractivity contribution in [1.82, 2.24) is 4.98 Å². The van der Waals surface area contributed by atoms with Gasteiger partial charge in [0, 0.05) is 18.1 Å². The summed E-state index contributed by atoms with van der Waals surface area (Å²) in [5, 5.41) is 4.91. The number of hydrogen-bond acceptors (Lipinski definition) is 16. The highest BCUT2D eigenvalue weighted by molar-refractivity contribution is 7.22. The lowest BCUT2D eigenvalue weighted by Gasteiger charge is -2.26. The summed E-state index contributed by atoms with van der Waals surface area (Å²) in [6.07, 6.45) is 9.04. The number of hydrazone groups is 1. The minimum absolute atomic E-state index is 0.0566. The topological polar surface area (TPSA) is 195 Å². The predicted molar refractivity (Wildman–Crippen MR) is 222 cm³/mol. The first-order valence-electron chi connectivity index (χ1n) is 20.2. The van der Waals surface area contributed by atoms with E-state index in [0.29, 0.717) is 81.3 Å². The molecule has 1 heterocycles. The maximum Gasteiger partial charge on any atom is 0.330 e. The van der Waals surface area contributed by atoms with Gasteiger partial charge in [0.2, 0.25) is 5.13 Å². The van der Waals surface area contributed by atoms with Gasteiger partial charge in [0.05, 0.1) is 66.5 Å². The van der Waals surface area contributed by atoms with E-state index >= 15 is 0 Å². The Balaban J connectivity index is 1.13. The van der Waals surface area contributed by atoms with Crippen LogP contribution in [0.2, 0.25) is 0 Å². The number of esters is 5. The average Bonchev–Trinajstić information content (AvgIpc) is 3.69. The van der Waals surface area contributed by atoms with Gasteiger partial charge >= 0.3 is 29.8 Å².